The van der Waals surface area contributed by atoms with Gasteiger partial charge in [-0.3, -0.25) is 0 Å². The van der Waals surface area contributed by atoms with Crippen molar-refractivity contribution < 1.29 is 0 Å². The Bertz CT molecular complexity index is 472. The largest absolute Gasteiger partial charge is 0.370 e. The van der Waals surface area contributed by atoms with E-state index in [1.165, 1.54) is 32.2 Å². The molecule has 21 heavy (non-hydrogen) atoms. The third kappa shape index (κ3) is 3.84. The van der Waals surface area contributed by atoms with E-state index in [9.17, 15) is 0 Å². The first-order valence-corrected chi connectivity index (χ1v) is 8.33. The molecule has 1 aliphatic carbocycles. The molecule has 0 radical (unpaired) electrons. The van der Waals surface area contributed by atoms with Gasteiger partial charge in [0.05, 0.1) is 0 Å². The summed E-state index contributed by atoms with van der Waals surface area (Å²) in [6.07, 6.45) is 6.18. The second kappa shape index (κ2) is 6.60. The lowest BCUT2D eigenvalue weighted by Gasteiger charge is -2.20. The second-order valence-electron chi connectivity index (χ2n) is 6.36. The van der Waals surface area contributed by atoms with E-state index in [-0.39, 0.29) is 0 Å². The number of nitrogens with one attached hydrogen (secondary N) is 2. The zero-order valence-electron chi connectivity index (χ0n) is 13.2. The molecule has 0 spiro atoms. The van der Waals surface area contributed by atoms with Crippen molar-refractivity contribution in [1.29, 1.82) is 0 Å². The maximum atomic E-state index is 4.71. The van der Waals surface area contributed by atoms with E-state index in [4.69, 9.17) is 4.98 Å². The zero-order chi connectivity index (χ0) is 14.7. The molecular formula is C16H27N5. The van der Waals surface area contributed by atoms with Crippen LogP contribution in [-0.2, 0) is 0 Å². The number of aromatic nitrogens is 2. The molecule has 116 valence electrons. The Morgan fingerprint density at radius 2 is 1.95 bits per heavy atom. The molecule has 1 atom stereocenters. The Morgan fingerprint density at radius 1 is 1.19 bits per heavy atom. The van der Waals surface area contributed by atoms with Crippen LogP contribution in [0.2, 0.25) is 0 Å². The molecule has 5 heteroatoms. The summed E-state index contributed by atoms with van der Waals surface area (Å²) in [6, 6.07) is 2.69. The SMILES string of the molecule is CCCNc1cc(NCC2CCCN2C)nc(C2CC2)n1. The molecule has 2 heterocycles. The molecular weight excluding hydrogens is 262 g/mol. The molecule has 3 rings (SSSR count). The van der Waals surface area contributed by atoms with Gasteiger partial charge < -0.3 is 15.5 Å². The number of anilines is 2. The van der Waals surface area contributed by atoms with Gasteiger partial charge in [-0.15, -0.1) is 0 Å². The summed E-state index contributed by atoms with van der Waals surface area (Å²) in [7, 11) is 2.21. The van der Waals surface area contributed by atoms with E-state index >= 15 is 0 Å². The van der Waals surface area contributed by atoms with Crippen LogP contribution in [0.4, 0.5) is 11.6 Å². The van der Waals surface area contributed by atoms with Gasteiger partial charge in [0.15, 0.2) is 0 Å². The van der Waals surface area contributed by atoms with Crippen molar-refractivity contribution in [2.24, 2.45) is 0 Å². The number of hydrogen-bond donors (Lipinski definition) is 2. The Kier molecular flexibility index (Phi) is 4.58. The van der Waals surface area contributed by atoms with E-state index in [0.717, 1.165) is 37.0 Å². The molecule has 1 aliphatic heterocycles. The molecule has 1 aromatic rings. The van der Waals surface area contributed by atoms with Crippen molar-refractivity contribution in [2.45, 2.75) is 51.0 Å². The van der Waals surface area contributed by atoms with Crippen molar-refractivity contribution in [2.75, 3.05) is 37.3 Å². The van der Waals surface area contributed by atoms with Crippen molar-refractivity contribution in [3.05, 3.63) is 11.9 Å². The Morgan fingerprint density at radius 3 is 2.57 bits per heavy atom. The van der Waals surface area contributed by atoms with Crippen LogP contribution in [-0.4, -0.2) is 47.6 Å². The normalized spacial score (nSPS) is 22.5. The van der Waals surface area contributed by atoms with Crippen molar-refractivity contribution in [1.82, 2.24) is 14.9 Å². The summed E-state index contributed by atoms with van der Waals surface area (Å²) in [5, 5.41) is 6.92. The predicted octanol–water partition coefficient (Wildman–Crippen LogP) is 2.68. The van der Waals surface area contributed by atoms with Crippen LogP contribution in [0.25, 0.3) is 0 Å². The van der Waals surface area contributed by atoms with Gasteiger partial charge in [0, 0.05) is 31.1 Å². The Balaban J connectivity index is 1.66. The fourth-order valence-corrected chi connectivity index (χ4v) is 2.88. The minimum Gasteiger partial charge on any atom is -0.370 e. The van der Waals surface area contributed by atoms with E-state index < -0.39 is 0 Å². The summed E-state index contributed by atoms with van der Waals surface area (Å²) in [5.41, 5.74) is 0. The monoisotopic (exact) mass is 289 g/mol. The van der Waals surface area contributed by atoms with Gasteiger partial charge in [0.2, 0.25) is 0 Å². The lowest BCUT2D eigenvalue weighted by atomic mass is 10.2. The number of likely N-dealkylation sites (tertiary alicyclic amines) is 1. The first-order valence-electron chi connectivity index (χ1n) is 8.33. The highest BCUT2D eigenvalue weighted by molar-refractivity contribution is 5.48. The molecule has 1 saturated heterocycles. The second-order valence-corrected chi connectivity index (χ2v) is 6.36. The Hall–Kier alpha value is -1.36. The van der Waals surface area contributed by atoms with Crippen LogP contribution < -0.4 is 10.6 Å². The molecule has 2 fully saturated rings. The maximum Gasteiger partial charge on any atom is 0.136 e. The molecule has 2 aliphatic rings. The fourth-order valence-electron chi connectivity index (χ4n) is 2.88. The number of nitrogens with zero attached hydrogens (tertiary/aromatic N) is 3. The van der Waals surface area contributed by atoms with Gasteiger partial charge in [-0.25, -0.2) is 9.97 Å². The van der Waals surface area contributed by atoms with Crippen LogP contribution in [0, 0.1) is 0 Å². The third-order valence-electron chi connectivity index (χ3n) is 4.43. The van der Waals surface area contributed by atoms with Gasteiger partial charge in [-0.2, -0.15) is 0 Å². The van der Waals surface area contributed by atoms with E-state index in [1.807, 2.05) is 0 Å². The highest BCUT2D eigenvalue weighted by Gasteiger charge is 2.27. The number of rotatable bonds is 7. The highest BCUT2D eigenvalue weighted by atomic mass is 15.2. The topological polar surface area (TPSA) is 53.1 Å². The van der Waals surface area contributed by atoms with Crippen molar-refractivity contribution in [3.8, 4) is 0 Å². The molecule has 1 unspecified atom stereocenters. The first kappa shape index (κ1) is 14.6. The van der Waals surface area contributed by atoms with Gasteiger partial charge in [-0.05, 0) is 45.7 Å². The van der Waals surface area contributed by atoms with Gasteiger partial charge in [-0.1, -0.05) is 6.92 Å². The van der Waals surface area contributed by atoms with Crippen LogP contribution in [0.1, 0.15) is 50.8 Å². The highest BCUT2D eigenvalue weighted by Crippen LogP contribution is 2.38. The molecule has 0 bridgehead atoms. The van der Waals surface area contributed by atoms with Crippen LogP contribution >= 0.6 is 0 Å². The van der Waals surface area contributed by atoms with Gasteiger partial charge in [0.25, 0.3) is 0 Å². The minimum absolute atomic E-state index is 0.586. The fraction of sp³-hybridized carbons (Fsp3) is 0.750. The Labute approximate surface area is 127 Å². The summed E-state index contributed by atoms with van der Waals surface area (Å²) < 4.78 is 0. The molecule has 0 aromatic carbocycles. The van der Waals surface area contributed by atoms with Gasteiger partial charge in [0.1, 0.15) is 17.5 Å². The van der Waals surface area contributed by atoms with Crippen molar-refractivity contribution in [3.63, 3.8) is 0 Å². The summed E-state index contributed by atoms with van der Waals surface area (Å²) in [5.74, 6) is 3.54. The lowest BCUT2D eigenvalue weighted by Crippen LogP contribution is -2.31. The molecule has 2 N–H and O–H groups in total. The smallest absolute Gasteiger partial charge is 0.136 e. The summed E-state index contributed by atoms with van der Waals surface area (Å²) in [4.78, 5) is 11.8. The third-order valence-corrected chi connectivity index (χ3v) is 4.43. The standard InChI is InChI=1S/C16H27N5/c1-3-8-17-14-10-15(20-16(19-14)12-6-7-12)18-11-13-5-4-9-21(13)2/h10,12-13H,3-9,11H2,1-2H3,(H2,17,18,19,20). The summed E-state index contributed by atoms with van der Waals surface area (Å²) >= 11 is 0. The predicted molar refractivity (Wildman–Crippen MR) is 86.9 cm³/mol. The molecule has 1 aromatic heterocycles. The number of hydrogen-bond acceptors (Lipinski definition) is 5. The maximum absolute atomic E-state index is 4.71. The van der Waals surface area contributed by atoms with Gasteiger partial charge >= 0.3 is 0 Å². The van der Waals surface area contributed by atoms with Crippen LogP contribution in [0.3, 0.4) is 0 Å². The molecule has 1 saturated carbocycles. The van der Waals surface area contributed by atoms with Crippen LogP contribution in [0.5, 0.6) is 0 Å². The first-order chi connectivity index (χ1) is 10.3. The average molecular weight is 289 g/mol. The van der Waals surface area contributed by atoms with Crippen molar-refractivity contribution >= 4 is 11.6 Å². The van der Waals surface area contributed by atoms with E-state index in [0.29, 0.717) is 12.0 Å². The minimum atomic E-state index is 0.586. The van der Waals surface area contributed by atoms with Crippen LogP contribution in [0.15, 0.2) is 6.07 Å². The molecule has 5 nitrogen and oxygen atoms in total. The zero-order valence-corrected chi connectivity index (χ0v) is 13.2. The number of likely N-dealkylation sites (N-methyl/N-ethyl adjacent to an activating group) is 1. The van der Waals surface area contributed by atoms with E-state index in [1.54, 1.807) is 0 Å². The lowest BCUT2D eigenvalue weighted by molar-refractivity contribution is 0.322. The average Bonchev–Trinajstić information content (AvgIpc) is 3.26. The molecule has 0 amide bonds. The summed E-state index contributed by atoms with van der Waals surface area (Å²) in [6.45, 7) is 5.33. The van der Waals surface area contributed by atoms with E-state index in [2.05, 4.69) is 40.6 Å². The quantitative estimate of drug-likeness (QED) is 0.808.